The number of carbonyl (C=O) groups is 1. The first kappa shape index (κ1) is 20.8. The summed E-state index contributed by atoms with van der Waals surface area (Å²) in [6.45, 7) is 1.63. The predicted octanol–water partition coefficient (Wildman–Crippen LogP) is 3.82. The first-order chi connectivity index (χ1) is 13.4. The zero-order valence-corrected chi connectivity index (χ0v) is 14.9. The molecule has 144 valence electrons. The number of anilines is 1. The number of ether oxygens (including phenoxy) is 1. The van der Waals surface area contributed by atoms with Gasteiger partial charge in [0.05, 0.1) is 12.3 Å². The van der Waals surface area contributed by atoms with Gasteiger partial charge in [-0.1, -0.05) is 30.3 Å². The standard InChI is InChI=1S/C20H16F3N3O2/c1-2-28-20(27)15(9-8-12-6-4-3-5-7-12)26-19-14(11-25)16(21)13(10-24)17(22)18(19)23/h3-7,15,26H,2,8-9H2,1H3/t15-/m1/s1. The van der Waals surface area contributed by atoms with E-state index < -0.39 is 46.3 Å². The number of rotatable bonds is 7. The number of nitrogens with zero attached hydrogens (tertiary/aromatic N) is 2. The van der Waals surface area contributed by atoms with E-state index in [2.05, 4.69) is 5.32 Å². The summed E-state index contributed by atoms with van der Waals surface area (Å²) < 4.78 is 47.5. The lowest BCUT2D eigenvalue weighted by atomic mass is 10.0. The maximum absolute atomic E-state index is 14.4. The van der Waals surface area contributed by atoms with Crippen LogP contribution in [-0.2, 0) is 16.0 Å². The number of hydrogen-bond donors (Lipinski definition) is 1. The van der Waals surface area contributed by atoms with Crippen molar-refractivity contribution < 1.29 is 22.7 Å². The lowest BCUT2D eigenvalue weighted by molar-refractivity contribution is -0.144. The van der Waals surface area contributed by atoms with Gasteiger partial charge in [0.1, 0.15) is 29.3 Å². The van der Waals surface area contributed by atoms with Crippen molar-refractivity contribution in [2.24, 2.45) is 0 Å². The third-order valence-corrected chi connectivity index (χ3v) is 4.00. The largest absolute Gasteiger partial charge is 0.464 e. The molecule has 28 heavy (non-hydrogen) atoms. The lowest BCUT2D eigenvalue weighted by Crippen LogP contribution is -2.33. The Bertz CT molecular complexity index is 950. The number of halogens is 3. The van der Waals surface area contributed by atoms with Gasteiger partial charge in [0, 0.05) is 0 Å². The van der Waals surface area contributed by atoms with E-state index in [9.17, 15) is 18.0 Å². The van der Waals surface area contributed by atoms with Gasteiger partial charge >= 0.3 is 5.97 Å². The molecule has 1 atom stereocenters. The molecule has 0 radical (unpaired) electrons. The molecule has 0 saturated carbocycles. The van der Waals surface area contributed by atoms with Gasteiger partial charge in [0.2, 0.25) is 0 Å². The first-order valence-corrected chi connectivity index (χ1v) is 8.42. The quantitative estimate of drug-likeness (QED) is 0.577. The van der Waals surface area contributed by atoms with Crippen molar-refractivity contribution in [1.82, 2.24) is 0 Å². The fraction of sp³-hybridized carbons (Fsp3) is 0.250. The molecule has 5 nitrogen and oxygen atoms in total. The highest BCUT2D eigenvalue weighted by molar-refractivity contribution is 5.80. The lowest BCUT2D eigenvalue weighted by Gasteiger charge is -2.20. The van der Waals surface area contributed by atoms with Crippen molar-refractivity contribution in [3.63, 3.8) is 0 Å². The van der Waals surface area contributed by atoms with Crippen molar-refractivity contribution in [3.05, 3.63) is 64.5 Å². The van der Waals surface area contributed by atoms with Crippen LogP contribution in [0.4, 0.5) is 18.9 Å². The summed E-state index contributed by atoms with van der Waals surface area (Å²) in [4.78, 5) is 12.2. The summed E-state index contributed by atoms with van der Waals surface area (Å²) in [7, 11) is 0. The maximum Gasteiger partial charge on any atom is 0.328 e. The molecular formula is C20H16F3N3O2. The number of hydrogen-bond acceptors (Lipinski definition) is 5. The summed E-state index contributed by atoms with van der Waals surface area (Å²) in [6, 6.07) is 10.5. The van der Waals surface area contributed by atoms with Gasteiger partial charge in [0.25, 0.3) is 0 Å². The van der Waals surface area contributed by atoms with E-state index in [-0.39, 0.29) is 13.0 Å². The molecule has 0 aliphatic heterocycles. The molecule has 0 aliphatic rings. The molecule has 0 aromatic heterocycles. The predicted molar refractivity (Wildman–Crippen MR) is 94.6 cm³/mol. The van der Waals surface area contributed by atoms with E-state index >= 15 is 0 Å². The molecule has 0 bridgehead atoms. The summed E-state index contributed by atoms with van der Waals surface area (Å²) >= 11 is 0. The van der Waals surface area contributed by atoms with Crippen LogP contribution in [0.2, 0.25) is 0 Å². The average molecular weight is 387 g/mol. The van der Waals surface area contributed by atoms with Crippen molar-refractivity contribution in [2.45, 2.75) is 25.8 Å². The molecule has 0 amide bonds. The Morgan fingerprint density at radius 2 is 1.71 bits per heavy atom. The fourth-order valence-corrected chi connectivity index (χ4v) is 2.62. The summed E-state index contributed by atoms with van der Waals surface area (Å²) in [5.74, 6) is -5.58. The number of benzene rings is 2. The van der Waals surface area contributed by atoms with Crippen molar-refractivity contribution >= 4 is 11.7 Å². The van der Waals surface area contributed by atoms with Crippen LogP contribution in [0.5, 0.6) is 0 Å². The number of carbonyl (C=O) groups excluding carboxylic acids is 1. The Labute approximate surface area is 160 Å². The zero-order valence-electron chi connectivity index (χ0n) is 14.9. The Hall–Kier alpha value is -3.52. The monoisotopic (exact) mass is 387 g/mol. The average Bonchev–Trinajstić information content (AvgIpc) is 2.70. The van der Waals surface area contributed by atoms with Gasteiger partial charge in [-0.05, 0) is 25.3 Å². The molecule has 0 saturated heterocycles. The summed E-state index contributed by atoms with van der Waals surface area (Å²) in [6.07, 6.45) is 0.512. The van der Waals surface area contributed by atoms with Crippen molar-refractivity contribution in [3.8, 4) is 12.1 Å². The summed E-state index contributed by atoms with van der Waals surface area (Å²) in [5.41, 5.74) is -2.01. The van der Waals surface area contributed by atoms with Gasteiger partial charge < -0.3 is 10.1 Å². The topological polar surface area (TPSA) is 85.9 Å². The van der Waals surface area contributed by atoms with Crippen LogP contribution in [0.15, 0.2) is 30.3 Å². The second-order valence-corrected chi connectivity index (χ2v) is 5.76. The Morgan fingerprint density at radius 3 is 2.29 bits per heavy atom. The molecule has 0 unspecified atom stereocenters. The highest BCUT2D eigenvalue weighted by Gasteiger charge is 2.29. The number of esters is 1. The third kappa shape index (κ3) is 4.41. The van der Waals surface area contributed by atoms with Gasteiger partial charge in [-0.2, -0.15) is 10.5 Å². The van der Waals surface area contributed by atoms with Crippen molar-refractivity contribution in [1.29, 1.82) is 10.5 Å². The third-order valence-electron chi connectivity index (χ3n) is 4.00. The minimum atomic E-state index is -1.73. The molecular weight excluding hydrogens is 371 g/mol. The normalized spacial score (nSPS) is 11.2. The van der Waals surface area contributed by atoms with E-state index in [1.54, 1.807) is 19.1 Å². The molecule has 0 aliphatic carbocycles. The van der Waals surface area contributed by atoms with E-state index in [1.807, 2.05) is 18.2 Å². The molecule has 2 rings (SSSR count). The number of aryl methyl sites for hydroxylation is 1. The van der Waals surface area contributed by atoms with Crippen molar-refractivity contribution in [2.75, 3.05) is 11.9 Å². The first-order valence-electron chi connectivity index (χ1n) is 8.42. The number of nitriles is 2. The van der Waals surface area contributed by atoms with Crippen LogP contribution >= 0.6 is 0 Å². The van der Waals surface area contributed by atoms with E-state index in [4.69, 9.17) is 15.3 Å². The second kappa shape index (κ2) is 9.43. The molecule has 0 heterocycles. The fourth-order valence-electron chi connectivity index (χ4n) is 2.62. The zero-order chi connectivity index (χ0) is 20.7. The minimum absolute atomic E-state index is 0.0477. The molecule has 0 spiro atoms. The minimum Gasteiger partial charge on any atom is -0.464 e. The number of nitrogens with one attached hydrogen (secondary N) is 1. The van der Waals surface area contributed by atoms with E-state index in [0.29, 0.717) is 6.42 Å². The van der Waals surface area contributed by atoms with Gasteiger partial charge in [0.15, 0.2) is 17.5 Å². The highest BCUT2D eigenvalue weighted by Crippen LogP contribution is 2.29. The van der Waals surface area contributed by atoms with Crippen LogP contribution in [0.1, 0.15) is 30.0 Å². The van der Waals surface area contributed by atoms with E-state index in [1.165, 1.54) is 12.1 Å². The Balaban J connectivity index is 2.40. The molecule has 8 heteroatoms. The summed E-state index contributed by atoms with van der Waals surface area (Å²) in [5, 5.41) is 20.3. The van der Waals surface area contributed by atoms with Gasteiger partial charge in [-0.3, -0.25) is 0 Å². The van der Waals surface area contributed by atoms with Crippen LogP contribution in [-0.4, -0.2) is 18.6 Å². The van der Waals surface area contributed by atoms with Crippen LogP contribution < -0.4 is 5.32 Å². The van der Waals surface area contributed by atoms with Gasteiger partial charge in [-0.25, -0.2) is 18.0 Å². The second-order valence-electron chi connectivity index (χ2n) is 5.76. The molecule has 1 N–H and O–H groups in total. The molecule has 0 fully saturated rings. The SMILES string of the molecule is CCOC(=O)[C@@H](CCc1ccccc1)Nc1c(F)c(F)c(C#N)c(F)c1C#N. The van der Waals surface area contributed by atoms with E-state index in [0.717, 1.165) is 5.56 Å². The van der Waals surface area contributed by atoms with Crippen LogP contribution in [0.25, 0.3) is 0 Å². The Kier molecular flexibility index (Phi) is 7.00. The smallest absolute Gasteiger partial charge is 0.328 e. The van der Waals surface area contributed by atoms with Crippen LogP contribution in [0.3, 0.4) is 0 Å². The highest BCUT2D eigenvalue weighted by atomic mass is 19.2. The molecule has 2 aromatic carbocycles. The van der Waals surface area contributed by atoms with Crippen LogP contribution in [0, 0.1) is 40.1 Å². The maximum atomic E-state index is 14.4. The molecule has 2 aromatic rings. The van der Waals surface area contributed by atoms with Gasteiger partial charge in [-0.15, -0.1) is 0 Å². The Morgan fingerprint density at radius 1 is 1.07 bits per heavy atom.